The molecular weight excluding hydrogens is 528 g/mol. The Labute approximate surface area is 234 Å². The molecule has 0 bridgehead atoms. The number of rotatable bonds is 8. The van der Waals surface area contributed by atoms with E-state index in [1.165, 1.54) is 23.6 Å². The highest BCUT2D eigenvalue weighted by molar-refractivity contribution is 7.98. The lowest BCUT2D eigenvalue weighted by Crippen LogP contribution is -2.19. The van der Waals surface area contributed by atoms with Gasteiger partial charge in [0, 0.05) is 29.5 Å². The zero-order valence-electron chi connectivity index (χ0n) is 22.2. The topological polar surface area (TPSA) is 125 Å². The number of carbonyl (C=O) groups is 4. The fourth-order valence-corrected chi connectivity index (χ4v) is 7.31. The zero-order chi connectivity index (χ0) is 27.1. The molecule has 214 valence electrons. The Balaban J connectivity index is 0.000000210. The number of aromatic nitrogens is 2. The summed E-state index contributed by atoms with van der Waals surface area (Å²) in [6.07, 6.45) is 7.33. The monoisotopic (exact) mass is 570 g/mol. The van der Waals surface area contributed by atoms with Crippen molar-refractivity contribution < 1.29 is 33.4 Å². The van der Waals surface area contributed by atoms with Gasteiger partial charge in [-0.3, -0.25) is 9.89 Å². The SMILES string of the molecule is C.CCOC(=O)C(=O)OCC.CCOC(=O)c1n[nH]c2c1C[C@H]1[C@H](CSC)[C@@H]21.CSC[C@H]1[C@@H]2CCC(=O)[C@@H]21. The van der Waals surface area contributed by atoms with Crippen LogP contribution >= 0.6 is 23.5 Å². The highest BCUT2D eigenvalue weighted by atomic mass is 32.2. The Morgan fingerprint density at radius 3 is 1.92 bits per heavy atom. The van der Waals surface area contributed by atoms with Crippen LogP contribution in [0.5, 0.6) is 0 Å². The smallest absolute Gasteiger partial charge is 0.417 e. The minimum Gasteiger partial charge on any atom is -0.461 e. The standard InChI is InChI=1S/C12H16N2O2S.C8H12OS.C6H10O4.CH4/c1-3-16-12(15)11-7-4-6-8(5-17-2)9(6)10(7)13-14-11;1-10-4-6-5-2-3-7(9)8(5)6;1-3-9-5(7)6(8)10-4-2;/h6,8-9H,3-5H2,1-2H3,(H,13,14);5-6,8H,2-4H2,1H3;3-4H2,1-2H3;1H4/t6-,8-,9-;5-,6-,8-;;/m00../s1. The van der Waals surface area contributed by atoms with E-state index in [0.717, 1.165) is 42.1 Å². The van der Waals surface area contributed by atoms with Gasteiger partial charge < -0.3 is 14.2 Å². The van der Waals surface area contributed by atoms with Crippen LogP contribution in [0.4, 0.5) is 0 Å². The number of carbonyl (C=O) groups excluding carboxylic acids is 4. The number of fused-ring (bicyclic) bond motifs is 4. The van der Waals surface area contributed by atoms with Gasteiger partial charge in [0.1, 0.15) is 5.78 Å². The van der Waals surface area contributed by atoms with Gasteiger partial charge in [-0.2, -0.15) is 28.6 Å². The van der Waals surface area contributed by atoms with E-state index >= 15 is 0 Å². The van der Waals surface area contributed by atoms with Crippen LogP contribution in [-0.2, 0) is 35.0 Å². The minimum atomic E-state index is -0.927. The quantitative estimate of drug-likeness (QED) is 0.277. The van der Waals surface area contributed by atoms with Crippen LogP contribution in [0.25, 0.3) is 0 Å². The molecule has 4 aliphatic rings. The second kappa shape index (κ2) is 15.0. The maximum atomic E-state index is 11.7. The molecule has 0 spiro atoms. The van der Waals surface area contributed by atoms with Crippen LogP contribution in [0.15, 0.2) is 0 Å². The largest absolute Gasteiger partial charge is 0.461 e. The molecule has 6 atom stereocenters. The summed E-state index contributed by atoms with van der Waals surface area (Å²) in [5.41, 5.74) is 2.81. The number of ketones is 1. The first-order chi connectivity index (χ1) is 17.8. The van der Waals surface area contributed by atoms with Crippen LogP contribution in [-0.4, -0.2) is 77.7 Å². The predicted molar refractivity (Wildman–Crippen MR) is 149 cm³/mol. The number of hydrogen-bond donors (Lipinski definition) is 1. The van der Waals surface area contributed by atoms with E-state index in [-0.39, 0.29) is 26.6 Å². The number of Topliss-reactive ketones (excluding diaryl/α,β-unsaturated/α-hetero) is 1. The first-order valence-corrected chi connectivity index (χ1v) is 15.7. The van der Waals surface area contributed by atoms with Crippen LogP contribution in [0.1, 0.15) is 68.7 Å². The Hall–Kier alpha value is -2.01. The summed E-state index contributed by atoms with van der Waals surface area (Å²) in [5.74, 6) is 5.05. The van der Waals surface area contributed by atoms with Crippen LogP contribution in [0, 0.1) is 29.6 Å². The van der Waals surface area contributed by atoms with Gasteiger partial charge in [0.2, 0.25) is 0 Å². The highest BCUT2D eigenvalue weighted by Crippen LogP contribution is 2.62. The summed E-state index contributed by atoms with van der Waals surface area (Å²) in [4.78, 5) is 43.6. The Morgan fingerprint density at radius 2 is 1.45 bits per heavy atom. The Kier molecular flexibility index (Phi) is 12.7. The molecule has 1 heterocycles. The third-order valence-corrected chi connectivity index (χ3v) is 8.77. The number of H-pyrrole nitrogens is 1. The van der Waals surface area contributed by atoms with Crippen molar-refractivity contribution in [3.63, 3.8) is 0 Å². The van der Waals surface area contributed by atoms with Crippen molar-refractivity contribution in [2.45, 2.75) is 53.4 Å². The van der Waals surface area contributed by atoms with Gasteiger partial charge in [0.25, 0.3) is 0 Å². The summed E-state index contributed by atoms with van der Waals surface area (Å²) in [6.45, 7) is 5.85. The Morgan fingerprint density at radius 1 is 0.895 bits per heavy atom. The Bertz CT molecular complexity index is 967. The molecule has 0 aromatic carbocycles. The number of ether oxygens (including phenoxy) is 3. The van der Waals surface area contributed by atoms with Gasteiger partial charge >= 0.3 is 17.9 Å². The molecule has 5 rings (SSSR count). The molecule has 1 aromatic heterocycles. The molecule has 0 aliphatic heterocycles. The predicted octanol–water partition coefficient (Wildman–Crippen LogP) is 4.16. The number of thioether (sulfide) groups is 2. The molecule has 3 saturated carbocycles. The summed E-state index contributed by atoms with van der Waals surface area (Å²) < 4.78 is 13.7. The molecule has 1 N–H and O–H groups in total. The van der Waals surface area contributed by atoms with Gasteiger partial charge in [0.05, 0.1) is 19.8 Å². The fourth-order valence-electron chi connectivity index (χ4n) is 5.63. The first kappa shape index (κ1) is 32.2. The average molecular weight is 571 g/mol. The summed E-state index contributed by atoms with van der Waals surface area (Å²) in [6, 6.07) is 0. The van der Waals surface area contributed by atoms with E-state index < -0.39 is 11.9 Å². The molecule has 9 nitrogen and oxygen atoms in total. The van der Waals surface area contributed by atoms with Crippen molar-refractivity contribution in [1.29, 1.82) is 0 Å². The van der Waals surface area contributed by atoms with Crippen molar-refractivity contribution >= 4 is 47.2 Å². The number of nitrogens with zero attached hydrogens (tertiary/aromatic N) is 1. The van der Waals surface area contributed by atoms with Crippen molar-refractivity contribution in [2.75, 3.05) is 43.8 Å². The molecule has 1 aromatic rings. The van der Waals surface area contributed by atoms with E-state index in [4.69, 9.17) is 4.74 Å². The van der Waals surface area contributed by atoms with E-state index in [0.29, 0.717) is 29.9 Å². The molecule has 0 radical (unpaired) electrons. The van der Waals surface area contributed by atoms with Gasteiger partial charge in [-0.05, 0) is 81.3 Å². The molecule has 3 fully saturated rings. The van der Waals surface area contributed by atoms with E-state index in [1.807, 2.05) is 30.4 Å². The molecule has 0 amide bonds. The maximum absolute atomic E-state index is 11.7. The normalized spacial score (nSPS) is 26.6. The minimum absolute atomic E-state index is 0. The second-order valence-corrected chi connectivity index (χ2v) is 11.3. The van der Waals surface area contributed by atoms with Crippen LogP contribution in [0.3, 0.4) is 0 Å². The first-order valence-electron chi connectivity index (χ1n) is 12.9. The maximum Gasteiger partial charge on any atom is 0.417 e. The van der Waals surface area contributed by atoms with Crippen LogP contribution < -0.4 is 0 Å². The summed E-state index contributed by atoms with van der Waals surface area (Å²) in [7, 11) is 0. The molecule has 0 saturated heterocycles. The third-order valence-electron chi connectivity index (χ3n) is 7.34. The van der Waals surface area contributed by atoms with Gasteiger partial charge in [-0.1, -0.05) is 7.43 Å². The number of hydrogen-bond acceptors (Lipinski definition) is 10. The van der Waals surface area contributed by atoms with Crippen molar-refractivity contribution in [1.82, 2.24) is 10.2 Å². The lowest BCUT2D eigenvalue weighted by Gasteiger charge is -2.03. The summed E-state index contributed by atoms with van der Waals surface area (Å²) >= 11 is 3.78. The van der Waals surface area contributed by atoms with E-state index in [1.54, 1.807) is 13.8 Å². The lowest BCUT2D eigenvalue weighted by molar-refractivity contribution is -0.167. The van der Waals surface area contributed by atoms with Gasteiger partial charge in [0.15, 0.2) is 5.69 Å². The second-order valence-electron chi connectivity index (χ2n) is 9.45. The number of nitrogens with one attached hydrogen (secondary N) is 1. The molecule has 0 unspecified atom stereocenters. The number of aromatic amines is 1. The third kappa shape index (κ3) is 7.34. The molecular formula is C27H42N2O7S2. The van der Waals surface area contributed by atoms with Crippen molar-refractivity contribution in [3.8, 4) is 0 Å². The average Bonchev–Trinajstić information content (AvgIpc) is 3.48. The zero-order valence-corrected chi connectivity index (χ0v) is 23.9. The van der Waals surface area contributed by atoms with Gasteiger partial charge in [-0.25, -0.2) is 14.4 Å². The van der Waals surface area contributed by atoms with Gasteiger partial charge in [-0.15, -0.1) is 0 Å². The van der Waals surface area contributed by atoms with Crippen LogP contribution in [0.2, 0.25) is 0 Å². The highest BCUT2D eigenvalue weighted by Gasteiger charge is 2.58. The lowest BCUT2D eigenvalue weighted by atomic mass is 10.1. The van der Waals surface area contributed by atoms with Crippen molar-refractivity contribution in [3.05, 3.63) is 17.0 Å². The van der Waals surface area contributed by atoms with E-state index in [9.17, 15) is 19.2 Å². The summed E-state index contributed by atoms with van der Waals surface area (Å²) in [5, 5.41) is 7.17. The fraction of sp³-hybridized carbons (Fsp3) is 0.741. The molecule has 38 heavy (non-hydrogen) atoms. The van der Waals surface area contributed by atoms with E-state index in [2.05, 4.69) is 32.2 Å². The number of esters is 3. The van der Waals surface area contributed by atoms with Crippen molar-refractivity contribution in [2.24, 2.45) is 29.6 Å². The molecule has 4 aliphatic carbocycles. The molecule has 11 heteroatoms.